The standard InChI is InChI=1S/C15H10F2IN3O/c16-11-5-13-14(6-12(11)17)21(8-19-13)7-15(22)20-10-3-1-9(18)2-4-10/h1-6,8H,7H2,(H,20,22). The van der Waals surface area contributed by atoms with E-state index in [9.17, 15) is 13.6 Å². The van der Waals surface area contributed by atoms with E-state index in [1.54, 1.807) is 12.1 Å². The lowest BCUT2D eigenvalue weighted by Gasteiger charge is -2.07. The van der Waals surface area contributed by atoms with Crippen molar-refractivity contribution in [3.63, 3.8) is 0 Å². The Balaban J connectivity index is 1.79. The minimum absolute atomic E-state index is 0.0342. The summed E-state index contributed by atoms with van der Waals surface area (Å²) in [5.74, 6) is -2.20. The van der Waals surface area contributed by atoms with Gasteiger partial charge in [-0.05, 0) is 46.9 Å². The van der Waals surface area contributed by atoms with Crippen LogP contribution in [0.5, 0.6) is 0 Å². The molecule has 1 heterocycles. The molecular formula is C15H10F2IN3O. The Morgan fingerprint density at radius 1 is 1.18 bits per heavy atom. The fraction of sp³-hybridized carbons (Fsp3) is 0.0667. The molecule has 0 radical (unpaired) electrons. The summed E-state index contributed by atoms with van der Waals surface area (Å²) in [6.45, 7) is -0.0342. The molecule has 112 valence electrons. The second-order valence-electron chi connectivity index (χ2n) is 4.68. The van der Waals surface area contributed by atoms with Crippen molar-refractivity contribution in [2.24, 2.45) is 0 Å². The molecule has 1 N–H and O–H groups in total. The van der Waals surface area contributed by atoms with Gasteiger partial charge in [-0.15, -0.1) is 0 Å². The van der Waals surface area contributed by atoms with Gasteiger partial charge in [0.15, 0.2) is 11.6 Å². The molecule has 0 spiro atoms. The molecule has 0 fully saturated rings. The van der Waals surface area contributed by atoms with E-state index in [2.05, 4.69) is 32.9 Å². The van der Waals surface area contributed by atoms with Crippen molar-refractivity contribution in [3.05, 3.63) is 57.9 Å². The molecule has 0 unspecified atom stereocenters. The van der Waals surface area contributed by atoms with Crippen LogP contribution in [0.3, 0.4) is 0 Å². The fourth-order valence-corrected chi connectivity index (χ4v) is 2.43. The van der Waals surface area contributed by atoms with Gasteiger partial charge in [0.2, 0.25) is 5.91 Å². The van der Waals surface area contributed by atoms with E-state index >= 15 is 0 Å². The Labute approximate surface area is 138 Å². The first-order chi connectivity index (χ1) is 10.5. The predicted molar refractivity (Wildman–Crippen MR) is 87.4 cm³/mol. The summed E-state index contributed by atoms with van der Waals surface area (Å²) in [4.78, 5) is 16.0. The average Bonchev–Trinajstić information content (AvgIpc) is 2.84. The van der Waals surface area contributed by atoms with Crippen molar-refractivity contribution in [2.45, 2.75) is 6.54 Å². The summed E-state index contributed by atoms with van der Waals surface area (Å²) in [6.07, 6.45) is 1.39. The van der Waals surface area contributed by atoms with Crippen LogP contribution in [0.25, 0.3) is 11.0 Å². The maximum atomic E-state index is 13.3. The monoisotopic (exact) mass is 413 g/mol. The van der Waals surface area contributed by atoms with Gasteiger partial charge in [-0.25, -0.2) is 13.8 Å². The number of halogens is 3. The highest BCUT2D eigenvalue weighted by molar-refractivity contribution is 14.1. The molecule has 22 heavy (non-hydrogen) atoms. The highest BCUT2D eigenvalue weighted by Gasteiger charge is 2.11. The topological polar surface area (TPSA) is 46.9 Å². The van der Waals surface area contributed by atoms with Crippen molar-refractivity contribution in [1.82, 2.24) is 9.55 Å². The molecule has 4 nitrogen and oxygen atoms in total. The van der Waals surface area contributed by atoms with E-state index in [-0.39, 0.29) is 12.5 Å². The van der Waals surface area contributed by atoms with Gasteiger partial charge >= 0.3 is 0 Å². The zero-order valence-corrected chi connectivity index (χ0v) is 13.3. The maximum Gasteiger partial charge on any atom is 0.244 e. The molecule has 0 aliphatic rings. The second kappa shape index (κ2) is 5.99. The molecule has 0 saturated heterocycles. The highest BCUT2D eigenvalue weighted by Crippen LogP contribution is 2.18. The Morgan fingerprint density at radius 2 is 1.86 bits per heavy atom. The summed E-state index contributed by atoms with van der Waals surface area (Å²) < 4.78 is 29.0. The maximum absolute atomic E-state index is 13.3. The van der Waals surface area contributed by atoms with E-state index < -0.39 is 11.6 Å². The molecule has 2 aromatic carbocycles. The van der Waals surface area contributed by atoms with Crippen molar-refractivity contribution < 1.29 is 13.6 Å². The Hall–Kier alpha value is -2.03. The number of rotatable bonds is 3. The van der Waals surface area contributed by atoms with Gasteiger partial charge in [0, 0.05) is 21.4 Å². The van der Waals surface area contributed by atoms with E-state index in [0.29, 0.717) is 16.7 Å². The molecule has 0 bridgehead atoms. The number of nitrogens with one attached hydrogen (secondary N) is 1. The summed E-state index contributed by atoms with van der Waals surface area (Å²) >= 11 is 2.17. The lowest BCUT2D eigenvalue weighted by atomic mass is 10.3. The van der Waals surface area contributed by atoms with Crippen LogP contribution in [0.1, 0.15) is 0 Å². The summed E-state index contributed by atoms with van der Waals surface area (Å²) in [5, 5.41) is 2.74. The number of hydrogen-bond acceptors (Lipinski definition) is 2. The van der Waals surface area contributed by atoms with Gasteiger partial charge in [0.05, 0.1) is 17.4 Å². The fourth-order valence-electron chi connectivity index (χ4n) is 2.07. The first-order valence-corrected chi connectivity index (χ1v) is 7.46. The summed E-state index contributed by atoms with van der Waals surface area (Å²) in [7, 11) is 0. The van der Waals surface area contributed by atoms with Crippen molar-refractivity contribution in [2.75, 3.05) is 5.32 Å². The highest BCUT2D eigenvalue weighted by atomic mass is 127. The number of amides is 1. The number of anilines is 1. The van der Waals surface area contributed by atoms with Crippen LogP contribution in [-0.2, 0) is 11.3 Å². The molecule has 0 atom stereocenters. The largest absolute Gasteiger partial charge is 0.325 e. The van der Waals surface area contributed by atoms with E-state index in [4.69, 9.17) is 0 Å². The van der Waals surface area contributed by atoms with Crippen LogP contribution in [-0.4, -0.2) is 15.5 Å². The number of nitrogens with zero attached hydrogens (tertiary/aromatic N) is 2. The number of fused-ring (bicyclic) bond motifs is 1. The van der Waals surface area contributed by atoms with Gasteiger partial charge in [0.1, 0.15) is 6.54 Å². The number of aromatic nitrogens is 2. The third kappa shape index (κ3) is 3.08. The lowest BCUT2D eigenvalue weighted by Crippen LogP contribution is -2.18. The zero-order valence-electron chi connectivity index (χ0n) is 11.2. The molecule has 0 saturated carbocycles. The summed E-state index contributed by atoms with van der Waals surface area (Å²) in [6, 6.07) is 9.39. The number of imidazole rings is 1. The Morgan fingerprint density at radius 3 is 2.59 bits per heavy atom. The van der Waals surface area contributed by atoms with Crippen LogP contribution in [0.15, 0.2) is 42.7 Å². The van der Waals surface area contributed by atoms with Gasteiger partial charge in [0.25, 0.3) is 0 Å². The van der Waals surface area contributed by atoms with Gasteiger partial charge < -0.3 is 9.88 Å². The molecule has 3 aromatic rings. The van der Waals surface area contributed by atoms with Crippen molar-refractivity contribution in [3.8, 4) is 0 Å². The lowest BCUT2D eigenvalue weighted by molar-refractivity contribution is -0.116. The predicted octanol–water partition coefficient (Wildman–Crippen LogP) is 3.56. The smallest absolute Gasteiger partial charge is 0.244 e. The van der Waals surface area contributed by atoms with Crippen molar-refractivity contribution >= 4 is 45.2 Å². The number of carbonyl (C=O) groups excluding carboxylic acids is 1. The Bertz CT molecular complexity index is 846. The van der Waals surface area contributed by atoms with Crippen LogP contribution < -0.4 is 5.32 Å². The first kappa shape index (κ1) is 14.9. The van der Waals surface area contributed by atoms with Crippen LogP contribution in [0, 0.1) is 15.2 Å². The summed E-state index contributed by atoms with van der Waals surface area (Å²) in [5.41, 5.74) is 1.35. The quantitative estimate of drug-likeness (QED) is 0.668. The van der Waals surface area contributed by atoms with Gasteiger partial charge in [-0.1, -0.05) is 0 Å². The minimum atomic E-state index is -0.965. The first-order valence-electron chi connectivity index (χ1n) is 6.38. The molecule has 3 rings (SSSR count). The molecule has 7 heteroatoms. The molecule has 0 aliphatic carbocycles. The SMILES string of the molecule is O=C(Cn1cnc2cc(F)c(F)cc21)Nc1ccc(I)cc1. The van der Waals surface area contributed by atoms with Crippen LogP contribution in [0.2, 0.25) is 0 Å². The van der Waals surface area contributed by atoms with Gasteiger partial charge in [-0.2, -0.15) is 0 Å². The Kier molecular flexibility index (Phi) is 4.06. The molecule has 1 amide bonds. The van der Waals surface area contributed by atoms with Crippen molar-refractivity contribution in [1.29, 1.82) is 0 Å². The normalized spacial score (nSPS) is 10.9. The third-order valence-corrected chi connectivity index (χ3v) is 3.82. The van der Waals surface area contributed by atoms with Crippen LogP contribution in [0.4, 0.5) is 14.5 Å². The molecule has 1 aromatic heterocycles. The number of carbonyl (C=O) groups is 1. The molecular weight excluding hydrogens is 403 g/mol. The van der Waals surface area contributed by atoms with E-state index in [1.165, 1.54) is 10.9 Å². The minimum Gasteiger partial charge on any atom is -0.325 e. The van der Waals surface area contributed by atoms with Crippen LogP contribution >= 0.6 is 22.6 Å². The molecule has 0 aliphatic heterocycles. The zero-order chi connectivity index (χ0) is 15.7. The van der Waals surface area contributed by atoms with E-state index in [1.807, 2.05) is 12.1 Å². The third-order valence-electron chi connectivity index (χ3n) is 3.11. The number of benzene rings is 2. The second-order valence-corrected chi connectivity index (χ2v) is 5.93. The number of hydrogen-bond donors (Lipinski definition) is 1. The van der Waals surface area contributed by atoms with Gasteiger partial charge in [-0.3, -0.25) is 4.79 Å². The average molecular weight is 413 g/mol. The van der Waals surface area contributed by atoms with E-state index in [0.717, 1.165) is 15.7 Å².